The Morgan fingerprint density at radius 3 is 1.09 bits per heavy atom. The van der Waals surface area contributed by atoms with Crippen molar-refractivity contribution in [3.63, 3.8) is 0 Å². The Hall–Kier alpha value is -4.18. The number of rotatable bonds is 7. The summed E-state index contributed by atoms with van der Waals surface area (Å²) >= 11 is 0. The molecule has 0 fully saturated rings. The number of aliphatic imine (C=N–C) groups is 2. The molecular weight excluding hydrogens is 420 g/mol. The lowest BCUT2D eigenvalue weighted by Gasteiger charge is -2.13. The Morgan fingerprint density at radius 2 is 0.794 bits per heavy atom. The van der Waals surface area contributed by atoms with E-state index in [-0.39, 0.29) is 0 Å². The summed E-state index contributed by atoms with van der Waals surface area (Å²) in [4.78, 5) is 10.1. The number of benzene rings is 4. The average Bonchev–Trinajstić information content (AvgIpc) is 2.88. The maximum atomic E-state index is 5.37. The molecule has 170 valence electrons. The topological polar surface area (TPSA) is 43.2 Å². The Kier molecular flexibility index (Phi) is 7.19. The highest BCUT2D eigenvalue weighted by Crippen LogP contribution is 2.24. The molecule has 4 heteroatoms. The summed E-state index contributed by atoms with van der Waals surface area (Å²) < 4.78 is 10.7. The van der Waals surface area contributed by atoms with Crippen molar-refractivity contribution < 1.29 is 9.47 Å². The minimum Gasteiger partial charge on any atom is -0.497 e. The van der Waals surface area contributed by atoms with Gasteiger partial charge in [-0.2, -0.15) is 0 Å². The van der Waals surface area contributed by atoms with E-state index in [2.05, 4.69) is 38.1 Å². The number of aryl methyl sites for hydroxylation is 2. The summed E-state index contributed by atoms with van der Waals surface area (Å²) in [5.74, 6) is 1.58. The Labute approximate surface area is 201 Å². The van der Waals surface area contributed by atoms with Crippen LogP contribution in [0.25, 0.3) is 0 Å². The lowest BCUT2D eigenvalue weighted by atomic mass is 9.98. The first-order valence-corrected chi connectivity index (χ1v) is 11.2. The molecule has 4 rings (SSSR count). The number of hydrogen-bond acceptors (Lipinski definition) is 4. The first-order valence-electron chi connectivity index (χ1n) is 11.2. The molecule has 0 bridgehead atoms. The van der Waals surface area contributed by atoms with Crippen molar-refractivity contribution in [2.45, 2.75) is 13.8 Å². The number of hydrogen-bond donors (Lipinski definition) is 0. The molecule has 0 amide bonds. The van der Waals surface area contributed by atoms with E-state index in [0.717, 1.165) is 45.4 Å². The van der Waals surface area contributed by atoms with Gasteiger partial charge in [0.2, 0.25) is 0 Å². The number of ether oxygens (including phenoxy) is 2. The summed E-state index contributed by atoms with van der Waals surface area (Å²) in [5.41, 5.74) is 7.55. The first kappa shape index (κ1) is 23.0. The Balaban J connectivity index is 1.93. The van der Waals surface area contributed by atoms with Gasteiger partial charge in [-0.05, 0) is 86.6 Å². The van der Waals surface area contributed by atoms with E-state index in [1.165, 1.54) is 11.1 Å². The number of nitrogens with zero attached hydrogens (tertiary/aromatic N) is 2. The molecule has 0 aliphatic heterocycles. The molecule has 0 spiro atoms. The average molecular weight is 449 g/mol. The highest BCUT2D eigenvalue weighted by molar-refractivity contribution is 6.54. The fourth-order valence-electron chi connectivity index (χ4n) is 3.50. The van der Waals surface area contributed by atoms with E-state index in [9.17, 15) is 0 Å². The highest BCUT2D eigenvalue weighted by atomic mass is 16.5. The SMILES string of the molecule is COc1ccc(C(=Nc2ccc(C)cc2)C(=Nc2ccc(C)cc2)c2ccc(OC)cc2)cc1. The first-order chi connectivity index (χ1) is 16.6. The van der Waals surface area contributed by atoms with Crippen LogP contribution in [0, 0.1) is 13.8 Å². The van der Waals surface area contributed by atoms with Gasteiger partial charge < -0.3 is 9.47 Å². The van der Waals surface area contributed by atoms with Crippen molar-refractivity contribution in [1.82, 2.24) is 0 Å². The van der Waals surface area contributed by atoms with Gasteiger partial charge in [0, 0.05) is 11.1 Å². The van der Waals surface area contributed by atoms with Crippen LogP contribution >= 0.6 is 0 Å². The molecule has 0 saturated carbocycles. The molecule has 0 N–H and O–H groups in total. The van der Waals surface area contributed by atoms with Crippen LogP contribution in [0.4, 0.5) is 11.4 Å². The van der Waals surface area contributed by atoms with Crippen molar-refractivity contribution in [3.05, 3.63) is 119 Å². The van der Waals surface area contributed by atoms with Crippen LogP contribution in [0.15, 0.2) is 107 Å². The van der Waals surface area contributed by atoms with E-state index in [1.54, 1.807) is 14.2 Å². The van der Waals surface area contributed by atoms with Gasteiger partial charge in [0.15, 0.2) is 0 Å². The van der Waals surface area contributed by atoms with Crippen molar-refractivity contribution in [2.24, 2.45) is 9.98 Å². The van der Waals surface area contributed by atoms with Gasteiger partial charge in [0.05, 0.1) is 37.0 Å². The summed E-state index contributed by atoms with van der Waals surface area (Å²) in [5, 5.41) is 0. The van der Waals surface area contributed by atoms with Crippen LogP contribution in [0.2, 0.25) is 0 Å². The second kappa shape index (κ2) is 10.6. The van der Waals surface area contributed by atoms with E-state index < -0.39 is 0 Å². The Bertz CT molecular complexity index is 1180. The van der Waals surface area contributed by atoms with Crippen LogP contribution in [0.5, 0.6) is 11.5 Å². The maximum absolute atomic E-state index is 5.37. The van der Waals surface area contributed by atoms with Gasteiger partial charge in [-0.1, -0.05) is 35.4 Å². The quantitative estimate of drug-likeness (QED) is 0.279. The fourth-order valence-corrected chi connectivity index (χ4v) is 3.50. The molecule has 0 atom stereocenters. The van der Waals surface area contributed by atoms with Gasteiger partial charge in [-0.25, -0.2) is 9.98 Å². The zero-order valence-corrected chi connectivity index (χ0v) is 19.9. The van der Waals surface area contributed by atoms with E-state index in [0.29, 0.717) is 0 Å². The monoisotopic (exact) mass is 448 g/mol. The largest absolute Gasteiger partial charge is 0.497 e. The van der Waals surface area contributed by atoms with Gasteiger partial charge in [-0.15, -0.1) is 0 Å². The molecule has 0 saturated heterocycles. The highest BCUT2D eigenvalue weighted by Gasteiger charge is 2.16. The van der Waals surface area contributed by atoms with Crippen molar-refractivity contribution in [2.75, 3.05) is 14.2 Å². The molecular formula is C30H28N2O2. The summed E-state index contributed by atoms with van der Waals surface area (Å²) in [7, 11) is 3.33. The number of methoxy groups -OCH3 is 2. The normalized spacial score (nSPS) is 11.9. The molecule has 4 nitrogen and oxygen atoms in total. The molecule has 0 heterocycles. The van der Waals surface area contributed by atoms with E-state index >= 15 is 0 Å². The van der Waals surface area contributed by atoms with Crippen molar-refractivity contribution >= 4 is 22.8 Å². The van der Waals surface area contributed by atoms with Crippen molar-refractivity contribution in [3.8, 4) is 11.5 Å². The van der Waals surface area contributed by atoms with Crippen LogP contribution in [0.3, 0.4) is 0 Å². The van der Waals surface area contributed by atoms with Crippen LogP contribution in [-0.2, 0) is 0 Å². The van der Waals surface area contributed by atoms with Crippen LogP contribution < -0.4 is 9.47 Å². The standard InChI is InChI=1S/C30H28N2O2/c1-21-5-13-25(14-6-21)31-29(23-9-17-27(33-3)18-10-23)30(24-11-19-28(34-4)20-12-24)32-26-15-7-22(2)8-16-26/h5-20H,1-4H3. The molecule has 34 heavy (non-hydrogen) atoms. The minimum atomic E-state index is 0.775. The van der Waals surface area contributed by atoms with E-state index in [4.69, 9.17) is 19.5 Å². The molecule has 0 aromatic heterocycles. The van der Waals surface area contributed by atoms with Gasteiger partial charge >= 0.3 is 0 Å². The fraction of sp³-hybridized carbons (Fsp3) is 0.133. The maximum Gasteiger partial charge on any atom is 0.118 e. The predicted octanol–water partition coefficient (Wildman–Crippen LogP) is 7.26. The van der Waals surface area contributed by atoms with Crippen LogP contribution in [0.1, 0.15) is 22.3 Å². The second-order valence-corrected chi connectivity index (χ2v) is 8.05. The molecule has 0 unspecified atom stereocenters. The third-order valence-electron chi connectivity index (χ3n) is 5.50. The third kappa shape index (κ3) is 5.59. The summed E-state index contributed by atoms with van der Waals surface area (Å²) in [6, 6.07) is 32.2. The van der Waals surface area contributed by atoms with E-state index in [1.807, 2.05) is 72.8 Å². The summed E-state index contributed by atoms with van der Waals surface area (Å²) in [6.07, 6.45) is 0. The zero-order valence-electron chi connectivity index (χ0n) is 19.9. The summed E-state index contributed by atoms with van der Waals surface area (Å²) in [6.45, 7) is 4.14. The molecule has 0 aliphatic rings. The lowest BCUT2D eigenvalue weighted by Crippen LogP contribution is -2.17. The lowest BCUT2D eigenvalue weighted by molar-refractivity contribution is 0.414. The minimum absolute atomic E-state index is 0.775. The molecule has 4 aromatic carbocycles. The zero-order chi connectivity index (χ0) is 23.9. The third-order valence-corrected chi connectivity index (χ3v) is 5.50. The van der Waals surface area contributed by atoms with Gasteiger partial charge in [0.25, 0.3) is 0 Å². The smallest absolute Gasteiger partial charge is 0.118 e. The molecule has 4 aromatic rings. The molecule has 0 aliphatic carbocycles. The van der Waals surface area contributed by atoms with Crippen LogP contribution in [-0.4, -0.2) is 25.6 Å². The second-order valence-electron chi connectivity index (χ2n) is 8.05. The Morgan fingerprint density at radius 1 is 0.471 bits per heavy atom. The predicted molar refractivity (Wildman–Crippen MR) is 141 cm³/mol. The molecule has 0 radical (unpaired) electrons. The van der Waals surface area contributed by atoms with Gasteiger partial charge in [0.1, 0.15) is 11.5 Å². The van der Waals surface area contributed by atoms with Gasteiger partial charge in [-0.3, -0.25) is 0 Å². The van der Waals surface area contributed by atoms with Crippen molar-refractivity contribution in [1.29, 1.82) is 0 Å².